The van der Waals surface area contributed by atoms with Crippen LogP contribution in [0, 0.1) is 11.3 Å². The molecular formula is C16H23N3O3S. The molecule has 0 saturated carbocycles. The first-order valence-electron chi connectivity index (χ1n) is 7.73. The molecule has 0 aromatic heterocycles. The summed E-state index contributed by atoms with van der Waals surface area (Å²) in [5, 5.41) is 8.89. The second kappa shape index (κ2) is 8.41. The largest absolute Gasteiger partial charge is 0.383 e. The Morgan fingerprint density at radius 3 is 3.04 bits per heavy atom. The zero-order valence-corrected chi connectivity index (χ0v) is 14.2. The van der Waals surface area contributed by atoms with Gasteiger partial charge >= 0.3 is 0 Å². The Kier molecular flexibility index (Phi) is 6.54. The highest BCUT2D eigenvalue weighted by Crippen LogP contribution is 2.13. The van der Waals surface area contributed by atoms with Crippen LogP contribution in [0.4, 0.5) is 0 Å². The summed E-state index contributed by atoms with van der Waals surface area (Å²) >= 11 is 0. The smallest absolute Gasteiger partial charge is 0.216 e. The van der Waals surface area contributed by atoms with E-state index in [2.05, 4.69) is 9.62 Å². The topological polar surface area (TPSA) is 82.4 Å². The molecule has 1 aromatic rings. The van der Waals surface area contributed by atoms with Crippen LogP contribution in [0.1, 0.15) is 24.0 Å². The molecule has 0 amide bonds. The van der Waals surface area contributed by atoms with E-state index in [4.69, 9.17) is 10.00 Å². The van der Waals surface area contributed by atoms with Gasteiger partial charge in [0.05, 0.1) is 24.0 Å². The van der Waals surface area contributed by atoms with Crippen molar-refractivity contribution in [2.24, 2.45) is 0 Å². The van der Waals surface area contributed by atoms with Crippen LogP contribution in [-0.2, 0) is 20.5 Å². The number of nitrogens with one attached hydrogen (secondary N) is 1. The molecule has 0 bridgehead atoms. The van der Waals surface area contributed by atoms with E-state index in [1.165, 1.54) is 0 Å². The molecule has 126 valence electrons. The molecule has 0 spiro atoms. The quantitative estimate of drug-likeness (QED) is 0.805. The summed E-state index contributed by atoms with van der Waals surface area (Å²) in [4.78, 5) is 2.22. The van der Waals surface area contributed by atoms with Crippen LogP contribution in [0.2, 0.25) is 0 Å². The molecule has 2 rings (SSSR count). The first-order chi connectivity index (χ1) is 11.0. The molecule has 6 nitrogen and oxygen atoms in total. The van der Waals surface area contributed by atoms with E-state index in [9.17, 15) is 8.42 Å². The molecular weight excluding hydrogens is 314 g/mol. The highest BCUT2D eigenvalue weighted by atomic mass is 32.2. The summed E-state index contributed by atoms with van der Waals surface area (Å²) in [5.74, 6) is -0.100. The molecule has 1 heterocycles. The standard InChI is InChI=1S/C16H23N3O3S/c1-22-9-8-19-7-3-6-16(12-19)18-23(20,21)13-15-5-2-4-14(10-15)11-17/h2,4-5,10,16,18H,3,6-9,12-13H2,1H3/t16-/m0/s1. The summed E-state index contributed by atoms with van der Waals surface area (Å²) in [6, 6.07) is 8.68. The van der Waals surface area contributed by atoms with Gasteiger partial charge in [0.15, 0.2) is 0 Å². The van der Waals surface area contributed by atoms with Gasteiger partial charge in [-0.2, -0.15) is 5.26 Å². The second-order valence-corrected chi connectivity index (χ2v) is 7.58. The number of hydrogen-bond donors (Lipinski definition) is 1. The van der Waals surface area contributed by atoms with Crippen molar-refractivity contribution in [3.05, 3.63) is 35.4 Å². The molecule has 0 unspecified atom stereocenters. The van der Waals surface area contributed by atoms with Crippen LogP contribution in [0.15, 0.2) is 24.3 Å². The third-order valence-corrected chi connectivity index (χ3v) is 5.28. The third-order valence-electron chi connectivity index (χ3n) is 3.88. The number of nitrogens with zero attached hydrogens (tertiary/aromatic N) is 2. The fraction of sp³-hybridized carbons (Fsp3) is 0.562. The van der Waals surface area contributed by atoms with Gasteiger partial charge in [-0.1, -0.05) is 12.1 Å². The summed E-state index contributed by atoms with van der Waals surface area (Å²) in [5.41, 5.74) is 1.10. The van der Waals surface area contributed by atoms with Gasteiger partial charge in [0.2, 0.25) is 10.0 Å². The Hall–Kier alpha value is -1.46. The predicted octanol–water partition coefficient (Wildman–Crippen LogP) is 1.09. The van der Waals surface area contributed by atoms with E-state index in [0.29, 0.717) is 24.3 Å². The SMILES string of the molecule is COCCN1CCC[C@H](NS(=O)(=O)Cc2cccc(C#N)c2)C1. The Morgan fingerprint density at radius 2 is 2.30 bits per heavy atom. The van der Waals surface area contributed by atoms with Gasteiger partial charge in [-0.25, -0.2) is 13.1 Å². The molecule has 0 radical (unpaired) electrons. The van der Waals surface area contributed by atoms with Gasteiger partial charge in [-0.05, 0) is 37.1 Å². The lowest BCUT2D eigenvalue weighted by molar-refractivity contribution is 0.126. The fourth-order valence-electron chi connectivity index (χ4n) is 2.82. The van der Waals surface area contributed by atoms with E-state index >= 15 is 0 Å². The van der Waals surface area contributed by atoms with Gasteiger partial charge in [0.25, 0.3) is 0 Å². The molecule has 1 saturated heterocycles. The molecule has 1 aromatic carbocycles. The van der Waals surface area contributed by atoms with Gasteiger partial charge in [-0.3, -0.25) is 4.90 Å². The van der Waals surface area contributed by atoms with Crippen LogP contribution in [0.3, 0.4) is 0 Å². The van der Waals surface area contributed by atoms with E-state index < -0.39 is 10.0 Å². The van der Waals surface area contributed by atoms with Crippen molar-refractivity contribution in [3.63, 3.8) is 0 Å². The second-order valence-electron chi connectivity index (χ2n) is 5.82. The number of likely N-dealkylation sites (tertiary alicyclic amines) is 1. The molecule has 1 aliphatic heterocycles. The Bertz CT molecular complexity index is 655. The summed E-state index contributed by atoms with van der Waals surface area (Å²) < 4.78 is 32.6. The number of benzene rings is 1. The zero-order valence-electron chi connectivity index (χ0n) is 13.4. The van der Waals surface area contributed by atoms with E-state index in [1.54, 1.807) is 31.4 Å². The van der Waals surface area contributed by atoms with Crippen molar-refractivity contribution in [1.82, 2.24) is 9.62 Å². The minimum atomic E-state index is -3.42. The minimum Gasteiger partial charge on any atom is -0.383 e. The summed E-state index contributed by atoms with van der Waals surface area (Å²) in [6.45, 7) is 3.16. The third kappa shape index (κ3) is 5.92. The maximum Gasteiger partial charge on any atom is 0.216 e. The number of methoxy groups -OCH3 is 1. The van der Waals surface area contributed by atoms with Gasteiger partial charge < -0.3 is 4.74 Å². The van der Waals surface area contributed by atoms with E-state index in [0.717, 1.165) is 25.9 Å². The van der Waals surface area contributed by atoms with Crippen molar-refractivity contribution in [1.29, 1.82) is 5.26 Å². The highest BCUT2D eigenvalue weighted by Gasteiger charge is 2.24. The van der Waals surface area contributed by atoms with Crippen molar-refractivity contribution in [2.75, 3.05) is 33.4 Å². The lowest BCUT2D eigenvalue weighted by Gasteiger charge is -2.32. The molecule has 1 atom stereocenters. The molecule has 1 aliphatic rings. The van der Waals surface area contributed by atoms with Crippen molar-refractivity contribution < 1.29 is 13.2 Å². The van der Waals surface area contributed by atoms with Crippen LogP contribution in [0.25, 0.3) is 0 Å². The van der Waals surface area contributed by atoms with Crippen molar-refractivity contribution in [2.45, 2.75) is 24.6 Å². The van der Waals surface area contributed by atoms with E-state index in [-0.39, 0.29) is 11.8 Å². The normalized spacial score (nSPS) is 19.4. The van der Waals surface area contributed by atoms with E-state index in [1.807, 2.05) is 6.07 Å². The monoisotopic (exact) mass is 337 g/mol. The molecule has 7 heteroatoms. The first kappa shape index (κ1) is 17.9. The van der Waals surface area contributed by atoms with Gasteiger partial charge in [0, 0.05) is 26.2 Å². The van der Waals surface area contributed by atoms with Crippen LogP contribution < -0.4 is 4.72 Å². The fourth-order valence-corrected chi connectivity index (χ4v) is 4.22. The number of sulfonamides is 1. The lowest BCUT2D eigenvalue weighted by Crippen LogP contribution is -2.48. The Labute approximate surface area is 138 Å². The molecule has 1 fully saturated rings. The summed E-state index contributed by atoms with van der Waals surface area (Å²) in [6.07, 6.45) is 1.82. The van der Waals surface area contributed by atoms with Crippen molar-refractivity contribution in [3.8, 4) is 6.07 Å². The maximum absolute atomic E-state index is 12.4. The average Bonchev–Trinajstić information content (AvgIpc) is 2.52. The van der Waals surface area contributed by atoms with Crippen LogP contribution >= 0.6 is 0 Å². The first-order valence-corrected chi connectivity index (χ1v) is 9.38. The molecule has 23 heavy (non-hydrogen) atoms. The zero-order chi connectivity index (χ0) is 16.7. The minimum absolute atomic E-state index is 0.0650. The van der Waals surface area contributed by atoms with Gasteiger partial charge in [0.1, 0.15) is 0 Å². The highest BCUT2D eigenvalue weighted by molar-refractivity contribution is 7.88. The van der Waals surface area contributed by atoms with Crippen molar-refractivity contribution >= 4 is 10.0 Å². The number of ether oxygens (including phenoxy) is 1. The van der Waals surface area contributed by atoms with Crippen LogP contribution in [-0.4, -0.2) is 52.7 Å². The Morgan fingerprint density at radius 1 is 1.48 bits per heavy atom. The lowest BCUT2D eigenvalue weighted by atomic mass is 10.1. The Balaban J connectivity index is 1.93. The van der Waals surface area contributed by atoms with Gasteiger partial charge in [-0.15, -0.1) is 0 Å². The molecule has 0 aliphatic carbocycles. The van der Waals surface area contributed by atoms with Crippen LogP contribution in [0.5, 0.6) is 0 Å². The number of nitriles is 1. The number of hydrogen-bond acceptors (Lipinski definition) is 5. The number of piperidine rings is 1. The average molecular weight is 337 g/mol. The predicted molar refractivity (Wildman–Crippen MR) is 88.3 cm³/mol. The number of rotatable bonds is 7. The summed E-state index contributed by atoms with van der Waals surface area (Å²) in [7, 11) is -1.75. The molecule has 1 N–H and O–H groups in total. The maximum atomic E-state index is 12.4.